The molecule has 0 aliphatic heterocycles. The van der Waals surface area contributed by atoms with E-state index in [-0.39, 0.29) is 28.8 Å². The van der Waals surface area contributed by atoms with Crippen molar-refractivity contribution in [3.05, 3.63) is 40.6 Å². The van der Waals surface area contributed by atoms with E-state index in [2.05, 4.69) is 10.6 Å². The van der Waals surface area contributed by atoms with Crippen molar-refractivity contribution in [2.24, 2.45) is 5.14 Å². The Labute approximate surface area is 142 Å². The molecular formula is C14H15N3O5S2. The lowest BCUT2D eigenvalue weighted by atomic mass is 10.3. The molecule has 0 atom stereocenters. The van der Waals surface area contributed by atoms with Gasteiger partial charge in [0, 0.05) is 5.69 Å². The molecule has 2 rings (SSSR count). The van der Waals surface area contributed by atoms with E-state index in [0.717, 1.165) is 0 Å². The van der Waals surface area contributed by atoms with Crippen LogP contribution in [-0.2, 0) is 14.8 Å². The van der Waals surface area contributed by atoms with Crippen LogP contribution in [-0.4, -0.2) is 33.9 Å². The molecule has 0 aliphatic rings. The fourth-order valence-corrected chi connectivity index (χ4v) is 3.20. The Kier molecular flexibility index (Phi) is 5.54. The molecule has 10 heteroatoms. The standard InChI is InChI=1S/C14H15N3O5S2/c1-22-10-5-4-9(7-12(10)24(15,20)21)17-13(18)8-16-14(19)11-3-2-6-23-11/h2-7H,8H2,1H3,(H,16,19)(H,17,18)(H2,15,20,21). The summed E-state index contributed by atoms with van der Waals surface area (Å²) in [4.78, 5) is 23.9. The number of benzene rings is 1. The Morgan fingerprint density at radius 3 is 2.62 bits per heavy atom. The topological polar surface area (TPSA) is 128 Å². The zero-order valence-electron chi connectivity index (χ0n) is 12.6. The van der Waals surface area contributed by atoms with E-state index in [1.54, 1.807) is 17.5 Å². The van der Waals surface area contributed by atoms with Crippen LogP contribution in [0.1, 0.15) is 9.67 Å². The summed E-state index contributed by atoms with van der Waals surface area (Å²) < 4.78 is 28.0. The first kappa shape index (κ1) is 17.9. The number of ether oxygens (including phenoxy) is 1. The van der Waals surface area contributed by atoms with E-state index in [1.165, 1.54) is 36.6 Å². The van der Waals surface area contributed by atoms with Gasteiger partial charge in [-0.25, -0.2) is 13.6 Å². The van der Waals surface area contributed by atoms with Gasteiger partial charge >= 0.3 is 0 Å². The lowest BCUT2D eigenvalue weighted by Gasteiger charge is -2.10. The van der Waals surface area contributed by atoms with Crippen molar-refractivity contribution in [1.82, 2.24) is 5.32 Å². The molecule has 2 amide bonds. The van der Waals surface area contributed by atoms with Crippen LogP contribution in [0.4, 0.5) is 5.69 Å². The monoisotopic (exact) mass is 369 g/mol. The summed E-state index contributed by atoms with van der Waals surface area (Å²) in [6, 6.07) is 7.39. The smallest absolute Gasteiger partial charge is 0.261 e. The average Bonchev–Trinajstić information content (AvgIpc) is 3.06. The number of nitrogens with one attached hydrogen (secondary N) is 2. The highest BCUT2D eigenvalue weighted by Crippen LogP contribution is 2.25. The molecule has 128 valence electrons. The number of nitrogens with two attached hydrogens (primary N) is 1. The first-order chi connectivity index (χ1) is 11.3. The van der Waals surface area contributed by atoms with Crippen LogP contribution < -0.4 is 20.5 Å². The lowest BCUT2D eigenvalue weighted by molar-refractivity contribution is -0.115. The molecule has 2 aromatic rings. The minimum absolute atomic E-state index is 0.0708. The predicted octanol–water partition coefficient (Wildman–Crippen LogP) is 0.773. The molecule has 0 spiro atoms. The van der Waals surface area contributed by atoms with E-state index >= 15 is 0 Å². The Bertz CT molecular complexity index is 847. The SMILES string of the molecule is COc1ccc(NC(=O)CNC(=O)c2cccs2)cc1S(N)(=O)=O. The lowest BCUT2D eigenvalue weighted by Crippen LogP contribution is -2.32. The molecular weight excluding hydrogens is 354 g/mol. The molecule has 8 nitrogen and oxygen atoms in total. The maximum absolute atomic E-state index is 11.9. The van der Waals surface area contributed by atoms with Crippen LogP contribution in [0, 0.1) is 0 Å². The minimum Gasteiger partial charge on any atom is -0.495 e. The van der Waals surface area contributed by atoms with E-state index < -0.39 is 15.9 Å². The second kappa shape index (κ2) is 7.43. The first-order valence-corrected chi connectivity index (χ1v) is 9.06. The number of methoxy groups -OCH3 is 1. The molecule has 0 saturated heterocycles. The third kappa shape index (κ3) is 4.54. The molecule has 0 unspecified atom stereocenters. The largest absolute Gasteiger partial charge is 0.495 e. The van der Waals surface area contributed by atoms with Crippen LogP contribution >= 0.6 is 11.3 Å². The number of primary sulfonamides is 1. The third-order valence-corrected chi connectivity index (χ3v) is 4.71. The van der Waals surface area contributed by atoms with Gasteiger partial charge in [0.1, 0.15) is 10.6 Å². The Morgan fingerprint density at radius 2 is 2.04 bits per heavy atom. The number of carbonyl (C=O) groups is 2. The normalized spacial score (nSPS) is 10.9. The summed E-state index contributed by atoms with van der Waals surface area (Å²) >= 11 is 1.26. The second-order valence-corrected chi connectivity index (χ2v) is 7.10. The zero-order chi connectivity index (χ0) is 17.7. The van der Waals surface area contributed by atoms with Crippen molar-refractivity contribution in [2.75, 3.05) is 19.0 Å². The van der Waals surface area contributed by atoms with Gasteiger partial charge in [-0.2, -0.15) is 0 Å². The number of amides is 2. The fourth-order valence-electron chi connectivity index (χ4n) is 1.84. The number of thiophene rings is 1. The number of sulfonamides is 1. The van der Waals surface area contributed by atoms with Crippen molar-refractivity contribution in [2.45, 2.75) is 4.90 Å². The molecule has 24 heavy (non-hydrogen) atoms. The van der Waals surface area contributed by atoms with Gasteiger partial charge in [0.15, 0.2) is 0 Å². The number of carbonyl (C=O) groups excluding carboxylic acids is 2. The maximum Gasteiger partial charge on any atom is 0.261 e. The van der Waals surface area contributed by atoms with Crippen LogP contribution in [0.15, 0.2) is 40.6 Å². The summed E-state index contributed by atoms with van der Waals surface area (Å²) in [6.07, 6.45) is 0. The fraction of sp³-hybridized carbons (Fsp3) is 0.143. The highest BCUT2D eigenvalue weighted by molar-refractivity contribution is 7.89. The van der Waals surface area contributed by atoms with Crippen LogP contribution in [0.2, 0.25) is 0 Å². The molecule has 1 aromatic heterocycles. The van der Waals surface area contributed by atoms with Gasteiger partial charge in [-0.1, -0.05) is 6.07 Å². The van der Waals surface area contributed by atoms with Gasteiger partial charge in [0.2, 0.25) is 15.9 Å². The van der Waals surface area contributed by atoms with Crippen LogP contribution in [0.25, 0.3) is 0 Å². The number of hydrogen-bond acceptors (Lipinski definition) is 6. The average molecular weight is 369 g/mol. The molecule has 0 aliphatic carbocycles. The predicted molar refractivity (Wildman–Crippen MR) is 89.6 cm³/mol. The second-order valence-electron chi connectivity index (χ2n) is 4.62. The van der Waals surface area contributed by atoms with Gasteiger partial charge in [-0.15, -0.1) is 11.3 Å². The van der Waals surface area contributed by atoms with E-state index in [9.17, 15) is 18.0 Å². The first-order valence-electron chi connectivity index (χ1n) is 6.63. The number of anilines is 1. The van der Waals surface area contributed by atoms with Crippen LogP contribution in [0.3, 0.4) is 0 Å². The Morgan fingerprint density at radius 1 is 1.29 bits per heavy atom. The maximum atomic E-state index is 11.9. The molecule has 0 bridgehead atoms. The van der Waals surface area contributed by atoms with E-state index in [0.29, 0.717) is 4.88 Å². The van der Waals surface area contributed by atoms with Crippen molar-refractivity contribution < 1.29 is 22.7 Å². The zero-order valence-corrected chi connectivity index (χ0v) is 14.2. The summed E-state index contributed by atoms with van der Waals surface area (Å²) in [6.45, 7) is -0.256. The summed E-state index contributed by atoms with van der Waals surface area (Å²) in [5, 5.41) is 11.8. The summed E-state index contributed by atoms with van der Waals surface area (Å²) in [5.74, 6) is -0.799. The molecule has 1 aromatic carbocycles. The highest BCUT2D eigenvalue weighted by atomic mass is 32.2. The van der Waals surface area contributed by atoms with E-state index in [4.69, 9.17) is 9.88 Å². The highest BCUT2D eigenvalue weighted by Gasteiger charge is 2.16. The Balaban J connectivity index is 2.03. The van der Waals surface area contributed by atoms with Crippen LogP contribution in [0.5, 0.6) is 5.75 Å². The van der Waals surface area contributed by atoms with Gasteiger partial charge in [0.05, 0.1) is 18.5 Å². The van der Waals surface area contributed by atoms with Crippen molar-refractivity contribution in [3.63, 3.8) is 0 Å². The molecule has 0 fully saturated rings. The van der Waals surface area contributed by atoms with Crippen molar-refractivity contribution in [3.8, 4) is 5.75 Å². The molecule has 4 N–H and O–H groups in total. The Hall–Kier alpha value is -2.43. The van der Waals surface area contributed by atoms with Gasteiger partial charge < -0.3 is 15.4 Å². The summed E-state index contributed by atoms with van der Waals surface area (Å²) in [5.41, 5.74) is 0.218. The molecule has 0 radical (unpaired) electrons. The van der Waals surface area contributed by atoms with E-state index in [1.807, 2.05) is 0 Å². The summed E-state index contributed by atoms with van der Waals surface area (Å²) in [7, 11) is -2.70. The van der Waals surface area contributed by atoms with Gasteiger partial charge in [-0.3, -0.25) is 9.59 Å². The van der Waals surface area contributed by atoms with Crippen molar-refractivity contribution >= 4 is 38.9 Å². The third-order valence-electron chi connectivity index (χ3n) is 2.91. The molecule has 0 saturated carbocycles. The number of rotatable bonds is 6. The van der Waals surface area contributed by atoms with Gasteiger partial charge in [0.25, 0.3) is 5.91 Å². The number of hydrogen-bond donors (Lipinski definition) is 3. The quantitative estimate of drug-likeness (QED) is 0.693. The van der Waals surface area contributed by atoms with Crippen molar-refractivity contribution in [1.29, 1.82) is 0 Å². The van der Waals surface area contributed by atoms with Gasteiger partial charge in [-0.05, 0) is 29.6 Å². The minimum atomic E-state index is -4.00. The molecule has 1 heterocycles.